The minimum absolute atomic E-state index is 0.317. The molecule has 0 aliphatic carbocycles. The van der Waals surface area contributed by atoms with Crippen LogP contribution in [0.4, 0.5) is 5.69 Å². The zero-order valence-corrected chi connectivity index (χ0v) is 23.2. The van der Waals surface area contributed by atoms with Gasteiger partial charge in [0.1, 0.15) is 11.9 Å². The summed E-state index contributed by atoms with van der Waals surface area (Å²) in [6.45, 7) is 8.42. The Balaban J connectivity index is 1.51. The molecule has 3 aromatic carbocycles. The Morgan fingerprint density at radius 2 is 1.23 bits per heavy atom. The fourth-order valence-electron chi connectivity index (χ4n) is 4.59. The van der Waals surface area contributed by atoms with Gasteiger partial charge in [0.05, 0.1) is 5.56 Å². The smallest absolute Gasteiger partial charge is 0.343 e. The highest BCUT2D eigenvalue weighted by Crippen LogP contribution is 2.26. The summed E-state index contributed by atoms with van der Waals surface area (Å²) in [5.41, 5.74) is 6.70. The molecule has 39 heavy (non-hydrogen) atoms. The number of rotatable bonds is 12. The molecule has 0 atom stereocenters. The second kappa shape index (κ2) is 13.6. The SMILES string of the molecule is CCCCN(CCCC)c1ccc2c(C)c(/C=C/c3ccc(/C=C/c4ccc(C=O)cc4)cc3)c(=O)oc2c1. The van der Waals surface area contributed by atoms with E-state index in [4.69, 9.17) is 4.42 Å². The molecular formula is C35H37NO3. The molecule has 0 aliphatic rings. The summed E-state index contributed by atoms with van der Waals surface area (Å²) in [7, 11) is 0. The minimum atomic E-state index is -0.317. The molecule has 0 N–H and O–H groups in total. The summed E-state index contributed by atoms with van der Waals surface area (Å²) in [4.78, 5) is 26.2. The first-order valence-corrected chi connectivity index (χ1v) is 13.9. The number of hydrogen-bond donors (Lipinski definition) is 0. The van der Waals surface area contributed by atoms with E-state index < -0.39 is 0 Å². The van der Waals surface area contributed by atoms with Gasteiger partial charge >= 0.3 is 5.63 Å². The Bertz CT molecular complexity index is 1500. The monoisotopic (exact) mass is 519 g/mol. The van der Waals surface area contributed by atoms with Gasteiger partial charge in [-0.1, -0.05) is 93.4 Å². The van der Waals surface area contributed by atoms with Crippen LogP contribution in [0.3, 0.4) is 0 Å². The molecule has 4 heteroatoms. The summed E-state index contributed by atoms with van der Waals surface area (Å²) in [6, 6.07) is 21.8. The van der Waals surface area contributed by atoms with Crippen molar-refractivity contribution in [2.24, 2.45) is 0 Å². The van der Waals surface area contributed by atoms with Crippen LogP contribution < -0.4 is 10.5 Å². The maximum atomic E-state index is 13.0. The third-order valence-corrected chi connectivity index (χ3v) is 7.04. The van der Waals surface area contributed by atoms with Gasteiger partial charge in [0.15, 0.2) is 0 Å². The third-order valence-electron chi connectivity index (χ3n) is 7.04. The first-order valence-electron chi connectivity index (χ1n) is 13.9. The molecule has 200 valence electrons. The number of aryl methyl sites for hydroxylation is 1. The van der Waals surface area contributed by atoms with Gasteiger partial charge in [0, 0.05) is 35.8 Å². The summed E-state index contributed by atoms with van der Waals surface area (Å²) < 4.78 is 5.81. The van der Waals surface area contributed by atoms with E-state index >= 15 is 0 Å². The predicted molar refractivity (Wildman–Crippen MR) is 165 cm³/mol. The van der Waals surface area contributed by atoms with Gasteiger partial charge in [-0.15, -0.1) is 0 Å². The van der Waals surface area contributed by atoms with Crippen LogP contribution in [-0.4, -0.2) is 19.4 Å². The molecule has 4 aromatic rings. The first kappa shape index (κ1) is 27.8. The van der Waals surface area contributed by atoms with Crippen molar-refractivity contribution in [3.63, 3.8) is 0 Å². The van der Waals surface area contributed by atoms with E-state index in [0.717, 1.165) is 78.4 Å². The molecule has 0 saturated heterocycles. The van der Waals surface area contributed by atoms with E-state index in [9.17, 15) is 9.59 Å². The van der Waals surface area contributed by atoms with Crippen LogP contribution >= 0.6 is 0 Å². The molecule has 4 nitrogen and oxygen atoms in total. The molecule has 0 aliphatic heterocycles. The Kier molecular flexibility index (Phi) is 9.69. The average molecular weight is 520 g/mol. The number of anilines is 1. The Hall–Kier alpha value is -4.18. The number of unbranched alkanes of at least 4 members (excludes halogenated alkanes) is 2. The fraction of sp³-hybridized carbons (Fsp3) is 0.257. The molecule has 0 radical (unpaired) electrons. The van der Waals surface area contributed by atoms with Crippen LogP contribution in [0.2, 0.25) is 0 Å². The van der Waals surface area contributed by atoms with Gasteiger partial charge in [-0.2, -0.15) is 0 Å². The lowest BCUT2D eigenvalue weighted by molar-refractivity contribution is 0.112. The molecule has 1 aromatic heterocycles. The number of fused-ring (bicyclic) bond motifs is 1. The summed E-state index contributed by atoms with van der Waals surface area (Å²) in [5.74, 6) is 0. The van der Waals surface area contributed by atoms with Gasteiger partial charge in [0.2, 0.25) is 0 Å². The summed E-state index contributed by atoms with van der Waals surface area (Å²) in [6.07, 6.45) is 13.3. The lowest BCUT2D eigenvalue weighted by Gasteiger charge is -2.25. The van der Waals surface area contributed by atoms with E-state index in [1.165, 1.54) is 0 Å². The first-order chi connectivity index (χ1) is 19.0. The number of carbonyl (C=O) groups is 1. The number of hydrogen-bond acceptors (Lipinski definition) is 4. The van der Waals surface area contributed by atoms with Crippen molar-refractivity contribution in [1.82, 2.24) is 0 Å². The maximum absolute atomic E-state index is 13.0. The van der Waals surface area contributed by atoms with Crippen molar-refractivity contribution in [2.45, 2.75) is 46.5 Å². The van der Waals surface area contributed by atoms with Crippen LogP contribution in [0.1, 0.15) is 77.7 Å². The molecule has 0 amide bonds. The average Bonchev–Trinajstić information content (AvgIpc) is 2.96. The van der Waals surface area contributed by atoms with Crippen molar-refractivity contribution in [2.75, 3.05) is 18.0 Å². The number of aldehydes is 1. The lowest BCUT2D eigenvalue weighted by Crippen LogP contribution is -2.25. The molecule has 0 spiro atoms. The molecule has 0 bridgehead atoms. The third kappa shape index (κ3) is 7.23. The van der Waals surface area contributed by atoms with E-state index in [2.05, 4.69) is 30.9 Å². The van der Waals surface area contributed by atoms with Crippen LogP contribution in [0.5, 0.6) is 0 Å². The maximum Gasteiger partial charge on any atom is 0.343 e. The fourth-order valence-corrected chi connectivity index (χ4v) is 4.59. The topological polar surface area (TPSA) is 50.5 Å². The minimum Gasteiger partial charge on any atom is -0.422 e. The van der Waals surface area contributed by atoms with E-state index in [1.807, 2.05) is 73.7 Å². The van der Waals surface area contributed by atoms with Crippen molar-refractivity contribution in [3.8, 4) is 0 Å². The van der Waals surface area contributed by atoms with Gasteiger partial charge in [0.25, 0.3) is 0 Å². The van der Waals surface area contributed by atoms with Gasteiger partial charge in [-0.3, -0.25) is 4.79 Å². The second-order valence-electron chi connectivity index (χ2n) is 9.92. The van der Waals surface area contributed by atoms with Crippen molar-refractivity contribution >= 4 is 47.2 Å². The van der Waals surface area contributed by atoms with Crippen molar-refractivity contribution < 1.29 is 9.21 Å². The molecule has 4 rings (SSSR count). The Labute approximate surface area is 231 Å². The van der Waals surface area contributed by atoms with Gasteiger partial charge < -0.3 is 9.32 Å². The molecule has 0 fully saturated rings. The van der Waals surface area contributed by atoms with Crippen molar-refractivity contribution in [1.29, 1.82) is 0 Å². The molecular weight excluding hydrogens is 482 g/mol. The zero-order valence-electron chi connectivity index (χ0n) is 23.2. The highest BCUT2D eigenvalue weighted by molar-refractivity contribution is 5.87. The number of benzene rings is 3. The summed E-state index contributed by atoms with van der Waals surface area (Å²) in [5, 5.41) is 0.964. The molecule has 1 heterocycles. The van der Waals surface area contributed by atoms with Crippen LogP contribution in [0, 0.1) is 6.92 Å². The number of carbonyl (C=O) groups excluding carboxylic acids is 1. The quantitative estimate of drug-likeness (QED) is 0.107. The molecule has 0 saturated carbocycles. The normalized spacial score (nSPS) is 11.6. The second-order valence-corrected chi connectivity index (χ2v) is 9.92. The van der Waals surface area contributed by atoms with E-state index in [0.29, 0.717) is 16.7 Å². The van der Waals surface area contributed by atoms with E-state index in [1.54, 1.807) is 12.1 Å². The zero-order chi connectivity index (χ0) is 27.6. The predicted octanol–water partition coefficient (Wildman–Crippen LogP) is 8.66. The lowest BCUT2D eigenvalue weighted by atomic mass is 10.0. The largest absolute Gasteiger partial charge is 0.422 e. The van der Waals surface area contributed by atoms with Crippen molar-refractivity contribution in [3.05, 3.63) is 111 Å². The number of nitrogens with zero attached hydrogens (tertiary/aromatic N) is 1. The van der Waals surface area contributed by atoms with Crippen LogP contribution in [0.15, 0.2) is 75.9 Å². The summed E-state index contributed by atoms with van der Waals surface area (Å²) >= 11 is 0. The Morgan fingerprint density at radius 1 is 0.718 bits per heavy atom. The molecule has 0 unspecified atom stereocenters. The van der Waals surface area contributed by atoms with E-state index in [-0.39, 0.29) is 5.63 Å². The van der Waals surface area contributed by atoms with Gasteiger partial charge in [-0.25, -0.2) is 4.79 Å². The standard InChI is InChI=1S/C35H37NO3/c1-4-6-22-36(23-7-5-2)31-19-21-32-26(3)33(35(38)39-34(32)24-31)20-18-29-12-10-27(11-13-29)8-9-28-14-16-30(25-37)17-15-28/h8-21,24-25H,4-7,22-23H2,1-3H3/b9-8+,20-18+. The van der Waals surface area contributed by atoms with Crippen LogP contribution in [-0.2, 0) is 0 Å². The highest BCUT2D eigenvalue weighted by Gasteiger charge is 2.12. The van der Waals surface area contributed by atoms with Gasteiger partial charge in [-0.05, 0) is 60.2 Å². The van der Waals surface area contributed by atoms with Crippen LogP contribution in [0.25, 0.3) is 35.3 Å². The Morgan fingerprint density at radius 3 is 1.74 bits per heavy atom. The highest BCUT2D eigenvalue weighted by atomic mass is 16.4.